The van der Waals surface area contributed by atoms with Crippen LogP contribution in [0.4, 0.5) is 17.1 Å². The zero-order valence-corrected chi connectivity index (χ0v) is 15.7. The first-order chi connectivity index (χ1) is 13.7. The van der Waals surface area contributed by atoms with Gasteiger partial charge in [0, 0.05) is 30.9 Å². The lowest BCUT2D eigenvalue weighted by Gasteiger charge is -2.23. The SMILES string of the molecule is CCN(Cc1ccccc1)c1ccc(C=NNc2cccc([N+](=O)[O-])c2)cc1. The molecule has 6 nitrogen and oxygen atoms in total. The molecule has 0 aliphatic rings. The van der Waals surface area contributed by atoms with Crippen molar-refractivity contribution in [2.45, 2.75) is 13.5 Å². The van der Waals surface area contributed by atoms with E-state index in [1.807, 2.05) is 18.2 Å². The Morgan fingerprint density at radius 2 is 1.79 bits per heavy atom. The Kier molecular flexibility index (Phi) is 6.36. The maximum Gasteiger partial charge on any atom is 0.271 e. The Morgan fingerprint density at radius 3 is 2.46 bits per heavy atom. The Hall–Kier alpha value is -3.67. The summed E-state index contributed by atoms with van der Waals surface area (Å²) in [6.45, 7) is 3.91. The number of non-ortho nitro benzene ring substituents is 1. The minimum atomic E-state index is -0.428. The van der Waals surface area contributed by atoms with Gasteiger partial charge in [0.2, 0.25) is 0 Å². The molecule has 28 heavy (non-hydrogen) atoms. The molecule has 0 heterocycles. The molecule has 0 radical (unpaired) electrons. The third-order valence-corrected chi connectivity index (χ3v) is 4.32. The van der Waals surface area contributed by atoms with Gasteiger partial charge in [-0.15, -0.1) is 0 Å². The van der Waals surface area contributed by atoms with Crippen molar-refractivity contribution < 1.29 is 4.92 Å². The van der Waals surface area contributed by atoms with E-state index in [2.05, 4.69) is 58.7 Å². The zero-order chi connectivity index (χ0) is 19.8. The monoisotopic (exact) mass is 374 g/mol. The van der Waals surface area contributed by atoms with Crippen LogP contribution in [0.1, 0.15) is 18.1 Å². The average molecular weight is 374 g/mol. The normalized spacial score (nSPS) is 10.8. The van der Waals surface area contributed by atoms with E-state index in [9.17, 15) is 10.1 Å². The van der Waals surface area contributed by atoms with Crippen LogP contribution >= 0.6 is 0 Å². The third kappa shape index (κ3) is 5.17. The Morgan fingerprint density at radius 1 is 1.04 bits per heavy atom. The van der Waals surface area contributed by atoms with Crippen LogP contribution in [-0.4, -0.2) is 17.7 Å². The molecule has 0 aliphatic carbocycles. The maximum absolute atomic E-state index is 10.8. The van der Waals surface area contributed by atoms with Crippen molar-refractivity contribution in [1.82, 2.24) is 0 Å². The molecule has 6 heteroatoms. The molecule has 0 saturated carbocycles. The lowest BCUT2D eigenvalue weighted by Crippen LogP contribution is -2.21. The predicted molar refractivity (Wildman–Crippen MR) is 114 cm³/mol. The van der Waals surface area contributed by atoms with Gasteiger partial charge in [-0.05, 0) is 36.2 Å². The number of benzene rings is 3. The number of nitro benzene ring substituents is 1. The summed E-state index contributed by atoms with van der Waals surface area (Å²) >= 11 is 0. The van der Waals surface area contributed by atoms with E-state index >= 15 is 0 Å². The summed E-state index contributed by atoms with van der Waals surface area (Å²) in [5.41, 5.74) is 6.79. The fourth-order valence-corrected chi connectivity index (χ4v) is 2.83. The summed E-state index contributed by atoms with van der Waals surface area (Å²) in [7, 11) is 0. The maximum atomic E-state index is 10.8. The summed E-state index contributed by atoms with van der Waals surface area (Å²) in [6, 6.07) is 24.8. The molecule has 0 aromatic heterocycles. The number of hydrazone groups is 1. The summed E-state index contributed by atoms with van der Waals surface area (Å²) in [5, 5.41) is 15.0. The number of nitrogens with zero attached hydrogens (tertiary/aromatic N) is 3. The molecule has 0 amide bonds. The molecule has 0 aliphatic heterocycles. The van der Waals surface area contributed by atoms with Gasteiger partial charge in [0.15, 0.2) is 0 Å². The number of hydrogen-bond donors (Lipinski definition) is 1. The molecule has 3 rings (SSSR count). The highest BCUT2D eigenvalue weighted by atomic mass is 16.6. The van der Waals surface area contributed by atoms with Gasteiger partial charge in [-0.25, -0.2) is 0 Å². The molecule has 142 valence electrons. The first kappa shape index (κ1) is 19.1. The number of rotatable bonds is 8. The molecule has 0 bridgehead atoms. The fourth-order valence-electron chi connectivity index (χ4n) is 2.83. The van der Waals surface area contributed by atoms with Gasteiger partial charge >= 0.3 is 0 Å². The molecular weight excluding hydrogens is 352 g/mol. The molecule has 0 spiro atoms. The van der Waals surface area contributed by atoms with Crippen molar-refractivity contribution in [2.75, 3.05) is 16.9 Å². The first-order valence-corrected chi connectivity index (χ1v) is 9.08. The van der Waals surface area contributed by atoms with Crippen LogP contribution in [-0.2, 0) is 6.54 Å². The van der Waals surface area contributed by atoms with E-state index in [4.69, 9.17) is 0 Å². The molecule has 1 N–H and O–H groups in total. The van der Waals surface area contributed by atoms with Crippen LogP contribution in [0.2, 0.25) is 0 Å². The number of hydrogen-bond acceptors (Lipinski definition) is 5. The third-order valence-electron chi connectivity index (χ3n) is 4.32. The lowest BCUT2D eigenvalue weighted by atomic mass is 10.1. The molecule has 0 atom stereocenters. The number of anilines is 2. The van der Waals surface area contributed by atoms with E-state index in [1.54, 1.807) is 18.3 Å². The summed E-state index contributed by atoms with van der Waals surface area (Å²) < 4.78 is 0. The van der Waals surface area contributed by atoms with Gasteiger partial charge < -0.3 is 4.90 Å². The van der Waals surface area contributed by atoms with Crippen LogP contribution in [0.3, 0.4) is 0 Å². The summed E-state index contributed by atoms with van der Waals surface area (Å²) in [6.07, 6.45) is 1.69. The highest BCUT2D eigenvalue weighted by molar-refractivity contribution is 5.81. The standard InChI is InChI=1S/C22H22N4O2/c1-2-25(17-19-7-4-3-5-8-19)21-13-11-18(12-14-21)16-23-24-20-9-6-10-22(15-20)26(27)28/h3-16,24H,2,17H2,1H3. The second kappa shape index (κ2) is 9.32. The number of nitrogens with one attached hydrogen (secondary N) is 1. The second-order valence-corrected chi connectivity index (χ2v) is 6.27. The zero-order valence-electron chi connectivity index (χ0n) is 15.7. The smallest absolute Gasteiger partial charge is 0.271 e. The largest absolute Gasteiger partial charge is 0.367 e. The van der Waals surface area contributed by atoms with Crippen LogP contribution < -0.4 is 10.3 Å². The molecule has 0 unspecified atom stereocenters. The van der Waals surface area contributed by atoms with Crippen molar-refractivity contribution in [2.24, 2.45) is 5.10 Å². The van der Waals surface area contributed by atoms with Crippen molar-refractivity contribution in [1.29, 1.82) is 0 Å². The van der Waals surface area contributed by atoms with Gasteiger partial charge in [0.05, 0.1) is 16.8 Å². The molecular formula is C22H22N4O2. The summed E-state index contributed by atoms with van der Waals surface area (Å²) in [5.74, 6) is 0. The minimum Gasteiger partial charge on any atom is -0.367 e. The van der Waals surface area contributed by atoms with Crippen molar-refractivity contribution in [3.8, 4) is 0 Å². The lowest BCUT2D eigenvalue weighted by molar-refractivity contribution is -0.384. The molecule has 0 saturated heterocycles. The van der Waals surface area contributed by atoms with Crippen LogP contribution in [0.25, 0.3) is 0 Å². The van der Waals surface area contributed by atoms with Gasteiger partial charge in [0.25, 0.3) is 5.69 Å². The highest BCUT2D eigenvalue weighted by Gasteiger charge is 2.06. The first-order valence-electron chi connectivity index (χ1n) is 9.08. The van der Waals surface area contributed by atoms with E-state index in [0.29, 0.717) is 5.69 Å². The Balaban J connectivity index is 1.62. The van der Waals surface area contributed by atoms with E-state index in [-0.39, 0.29) is 5.69 Å². The van der Waals surface area contributed by atoms with Crippen LogP contribution in [0, 0.1) is 10.1 Å². The van der Waals surface area contributed by atoms with Gasteiger partial charge in [-0.3, -0.25) is 15.5 Å². The van der Waals surface area contributed by atoms with E-state index in [1.165, 1.54) is 17.7 Å². The Bertz CT molecular complexity index is 940. The molecule has 0 fully saturated rings. The predicted octanol–water partition coefficient (Wildman–Crippen LogP) is 5.07. The van der Waals surface area contributed by atoms with Crippen molar-refractivity contribution in [3.05, 3.63) is 100 Å². The number of nitro groups is 1. The molecule has 3 aromatic rings. The van der Waals surface area contributed by atoms with Gasteiger partial charge in [-0.1, -0.05) is 48.5 Å². The van der Waals surface area contributed by atoms with E-state index in [0.717, 1.165) is 24.3 Å². The van der Waals surface area contributed by atoms with Gasteiger partial charge in [-0.2, -0.15) is 5.10 Å². The molecule has 3 aromatic carbocycles. The highest BCUT2D eigenvalue weighted by Crippen LogP contribution is 2.18. The summed E-state index contributed by atoms with van der Waals surface area (Å²) in [4.78, 5) is 12.7. The second-order valence-electron chi connectivity index (χ2n) is 6.27. The Labute approximate surface area is 164 Å². The van der Waals surface area contributed by atoms with Crippen molar-refractivity contribution in [3.63, 3.8) is 0 Å². The van der Waals surface area contributed by atoms with Crippen molar-refractivity contribution >= 4 is 23.3 Å². The topological polar surface area (TPSA) is 70.8 Å². The van der Waals surface area contributed by atoms with E-state index < -0.39 is 4.92 Å². The average Bonchev–Trinajstić information content (AvgIpc) is 2.73. The van der Waals surface area contributed by atoms with Crippen LogP contribution in [0.15, 0.2) is 84.0 Å². The van der Waals surface area contributed by atoms with Crippen LogP contribution in [0.5, 0.6) is 0 Å². The fraction of sp³-hybridized carbons (Fsp3) is 0.136. The minimum absolute atomic E-state index is 0.0302. The quantitative estimate of drug-likeness (QED) is 0.340. The van der Waals surface area contributed by atoms with Gasteiger partial charge in [0.1, 0.15) is 0 Å².